The van der Waals surface area contributed by atoms with E-state index < -0.39 is 16.6 Å². The van der Waals surface area contributed by atoms with E-state index in [1.807, 2.05) is 0 Å². The Morgan fingerprint density at radius 3 is 1.65 bits per heavy atom. The molecule has 0 unspecified atom stereocenters. The van der Waals surface area contributed by atoms with Crippen molar-refractivity contribution in [2.75, 3.05) is 26.1 Å². The lowest BCUT2D eigenvalue weighted by molar-refractivity contribution is -0.144. The first-order chi connectivity index (χ1) is 13.6. The number of rotatable bonds is 18. The summed E-state index contributed by atoms with van der Waals surface area (Å²) in [4.78, 5) is 23.5. The van der Waals surface area contributed by atoms with Crippen LogP contribution < -0.4 is 0 Å². The van der Waals surface area contributed by atoms with Crippen LogP contribution in [0.4, 0.5) is 0 Å². The van der Waals surface area contributed by atoms with E-state index in [2.05, 4.69) is 26.2 Å². The Bertz CT molecular complexity index is 457. The first kappa shape index (κ1) is 34.9. The normalized spacial score (nSPS) is 11.3. The lowest BCUT2D eigenvalue weighted by atomic mass is 10.2. The smallest absolute Gasteiger partial charge is 0.305 e. The lowest BCUT2D eigenvalue weighted by Gasteiger charge is -2.33. The average Bonchev–Trinajstić information content (AvgIpc) is 2.63. The molecule has 31 heavy (non-hydrogen) atoms. The van der Waals surface area contributed by atoms with Crippen molar-refractivity contribution in [3.05, 3.63) is 0 Å². The van der Waals surface area contributed by atoms with Crippen LogP contribution in [-0.2, 0) is 23.2 Å². The molecule has 0 amide bonds. The molecule has 0 radical (unpaired) electrons. The molecule has 0 saturated carbocycles. The Hall–Kier alpha value is -0.746. The van der Waals surface area contributed by atoms with Gasteiger partial charge in [-0.3, -0.25) is 9.59 Å². The molecule has 0 rings (SSSR count). The minimum absolute atomic E-state index is 0. The summed E-state index contributed by atoms with van der Waals surface area (Å²) >= 11 is 0. The monoisotopic (exact) mass is 482 g/mol. The fourth-order valence-electron chi connectivity index (χ4n) is 3.03. The summed E-state index contributed by atoms with van der Waals surface area (Å²) in [6.45, 7) is 9.15. The Balaban J connectivity index is -0.00000392. The van der Waals surface area contributed by atoms with Gasteiger partial charge in [-0.15, -0.1) is 0 Å². The molecule has 0 spiro atoms. The van der Waals surface area contributed by atoms with E-state index in [0.29, 0.717) is 25.7 Å². The second kappa shape index (κ2) is 19.9. The van der Waals surface area contributed by atoms with E-state index in [1.165, 1.54) is 0 Å². The fourth-order valence-corrected chi connectivity index (χ4v) is 11.2. The minimum atomic E-state index is -2.11. The minimum Gasteiger partial charge on any atom is -0.466 e. The fraction of sp³-hybridized carbons (Fsp3) is 0.909. The Kier molecular flexibility index (Phi) is 22.4. The molecular weight excluding hydrogens is 432 g/mol. The van der Waals surface area contributed by atoms with Gasteiger partial charge in [-0.25, -0.2) is 0 Å². The third-order valence-electron chi connectivity index (χ3n) is 4.40. The predicted molar refractivity (Wildman–Crippen MR) is 132 cm³/mol. The quantitative estimate of drug-likeness (QED) is 0.164. The number of ether oxygens (including phenoxy) is 2. The number of aliphatic hydroxyl groups is 2. The van der Waals surface area contributed by atoms with Gasteiger partial charge in [0.2, 0.25) is 8.32 Å². The zero-order valence-corrected chi connectivity index (χ0v) is 20.8. The van der Waals surface area contributed by atoms with E-state index in [0.717, 1.165) is 51.0 Å². The molecule has 188 valence electrons. The lowest BCUT2D eigenvalue weighted by Crippen LogP contribution is -2.48. The second-order valence-electron chi connectivity index (χ2n) is 8.67. The summed E-state index contributed by atoms with van der Waals surface area (Å²) in [5, 5.41) is 17.5. The number of carbonyl (C=O) groups is 2. The Labute approximate surface area is 193 Å². The van der Waals surface area contributed by atoms with E-state index in [9.17, 15) is 9.59 Å². The predicted octanol–water partition coefficient (Wildman–Crippen LogP) is 4.81. The zero-order valence-electron chi connectivity index (χ0n) is 18.8. The number of hydrogen-bond donors (Lipinski definition) is 2. The first-order valence-electron chi connectivity index (χ1n) is 10.8. The standard InChI is InChI=1S/C20H42O7Si2.2CH4/c1-28(2,17-11-16-25-19(23)12-7-5-9-14-21)27-29(3,4)18-26-20(24)13-8-6-10-15-22;;/h21-22H,5-18H2,1-4H3;2*1H4. The summed E-state index contributed by atoms with van der Waals surface area (Å²) in [5.74, 6) is -0.374. The molecule has 0 aliphatic rings. The number of unbranched alkanes of at least 4 members (excludes halogenated alkanes) is 4. The van der Waals surface area contributed by atoms with Gasteiger partial charge in [-0.05, 0) is 64.3 Å². The van der Waals surface area contributed by atoms with Crippen LogP contribution in [0.3, 0.4) is 0 Å². The molecule has 0 heterocycles. The van der Waals surface area contributed by atoms with Crippen molar-refractivity contribution in [2.45, 2.75) is 105 Å². The molecule has 9 heteroatoms. The van der Waals surface area contributed by atoms with Crippen molar-refractivity contribution in [1.82, 2.24) is 0 Å². The highest BCUT2D eigenvalue weighted by atomic mass is 28.4. The van der Waals surface area contributed by atoms with Crippen molar-refractivity contribution in [1.29, 1.82) is 0 Å². The van der Waals surface area contributed by atoms with Crippen LogP contribution in [0.2, 0.25) is 32.2 Å². The molecule has 0 fully saturated rings. The maximum atomic E-state index is 11.8. The van der Waals surface area contributed by atoms with Gasteiger partial charge in [0.25, 0.3) is 0 Å². The van der Waals surface area contributed by atoms with Crippen LogP contribution in [0.25, 0.3) is 0 Å². The summed E-state index contributed by atoms with van der Waals surface area (Å²) in [7, 11) is -4.04. The Morgan fingerprint density at radius 1 is 0.677 bits per heavy atom. The summed E-state index contributed by atoms with van der Waals surface area (Å²) < 4.78 is 17.1. The van der Waals surface area contributed by atoms with Gasteiger partial charge < -0.3 is 23.8 Å². The number of esters is 2. The molecule has 0 aromatic rings. The maximum Gasteiger partial charge on any atom is 0.305 e. The highest BCUT2D eigenvalue weighted by Gasteiger charge is 2.34. The van der Waals surface area contributed by atoms with Crippen molar-refractivity contribution in [3.8, 4) is 0 Å². The average molecular weight is 483 g/mol. The van der Waals surface area contributed by atoms with Crippen LogP contribution in [0.5, 0.6) is 0 Å². The van der Waals surface area contributed by atoms with Crippen LogP contribution in [-0.4, -0.2) is 64.8 Å². The highest BCUT2D eigenvalue weighted by Crippen LogP contribution is 2.20. The van der Waals surface area contributed by atoms with E-state index in [4.69, 9.17) is 23.8 Å². The van der Waals surface area contributed by atoms with Gasteiger partial charge >= 0.3 is 11.9 Å². The third kappa shape index (κ3) is 22.2. The van der Waals surface area contributed by atoms with Crippen molar-refractivity contribution in [2.24, 2.45) is 0 Å². The van der Waals surface area contributed by atoms with Crippen LogP contribution in [0.15, 0.2) is 0 Å². The number of aliphatic hydroxyl groups excluding tert-OH is 2. The highest BCUT2D eigenvalue weighted by molar-refractivity contribution is 6.84. The van der Waals surface area contributed by atoms with Gasteiger partial charge in [-0.1, -0.05) is 27.7 Å². The largest absolute Gasteiger partial charge is 0.466 e. The molecule has 0 aromatic heterocycles. The third-order valence-corrected chi connectivity index (χ3v) is 11.2. The molecule has 0 bridgehead atoms. The summed E-state index contributed by atoms with van der Waals surface area (Å²) in [5.41, 5.74) is 0. The number of hydrogen-bond acceptors (Lipinski definition) is 7. The number of carbonyl (C=O) groups excluding carboxylic acids is 2. The second-order valence-corrected chi connectivity index (χ2v) is 17.3. The molecular formula is C22H50O7Si2. The summed E-state index contributed by atoms with van der Waals surface area (Å²) in [6.07, 6.45) is 6.52. The van der Waals surface area contributed by atoms with Gasteiger partial charge in [0, 0.05) is 26.1 Å². The van der Waals surface area contributed by atoms with Gasteiger partial charge in [-0.2, -0.15) is 0 Å². The first-order valence-corrected chi connectivity index (χ1v) is 17.1. The van der Waals surface area contributed by atoms with Gasteiger partial charge in [0.05, 0.1) is 6.61 Å². The van der Waals surface area contributed by atoms with Crippen LogP contribution in [0.1, 0.15) is 72.6 Å². The molecule has 0 aliphatic carbocycles. The van der Waals surface area contributed by atoms with Crippen molar-refractivity contribution >= 4 is 28.6 Å². The van der Waals surface area contributed by atoms with Gasteiger partial charge in [0.1, 0.15) is 6.23 Å². The SMILES string of the molecule is C.C.C[Si](C)(CCCOC(=O)CCCCCO)O[Si](C)(C)COC(=O)CCCCCO. The molecule has 0 saturated heterocycles. The van der Waals surface area contributed by atoms with Crippen LogP contribution in [0, 0.1) is 0 Å². The summed E-state index contributed by atoms with van der Waals surface area (Å²) in [6, 6.07) is 0.885. The van der Waals surface area contributed by atoms with Crippen molar-refractivity contribution in [3.63, 3.8) is 0 Å². The molecule has 0 aromatic carbocycles. The molecule has 7 nitrogen and oxygen atoms in total. The van der Waals surface area contributed by atoms with E-state index in [-0.39, 0.29) is 40.0 Å². The maximum absolute atomic E-state index is 11.8. The van der Waals surface area contributed by atoms with E-state index >= 15 is 0 Å². The molecule has 0 aliphatic heterocycles. The van der Waals surface area contributed by atoms with Crippen LogP contribution >= 0.6 is 0 Å². The topological polar surface area (TPSA) is 102 Å². The Morgan fingerprint density at radius 2 is 1.16 bits per heavy atom. The van der Waals surface area contributed by atoms with Gasteiger partial charge in [0.15, 0.2) is 8.32 Å². The molecule has 0 atom stereocenters. The van der Waals surface area contributed by atoms with Crippen molar-refractivity contribution < 1.29 is 33.4 Å². The van der Waals surface area contributed by atoms with E-state index in [1.54, 1.807) is 0 Å². The molecule has 2 N–H and O–H groups in total. The zero-order chi connectivity index (χ0) is 22.2.